The molecule has 0 spiro atoms. The van der Waals surface area contributed by atoms with Crippen molar-refractivity contribution in [3.8, 4) is 11.5 Å². The first kappa shape index (κ1) is 26.8. The Kier molecular flexibility index (Phi) is 8.95. The number of hydrogen-bond acceptors (Lipinski definition) is 7. The molecule has 1 atom stereocenters. The number of carbonyl (C=O) groups is 1. The number of nitrogens with one attached hydrogen (secondary N) is 1. The number of benzene rings is 2. The topological polar surface area (TPSA) is 77.7 Å². The Morgan fingerprint density at radius 3 is 2.35 bits per heavy atom. The summed E-state index contributed by atoms with van der Waals surface area (Å²) < 4.78 is 5.54. The van der Waals surface area contributed by atoms with Crippen LogP contribution in [0.4, 0.5) is 5.69 Å². The van der Waals surface area contributed by atoms with Gasteiger partial charge < -0.3 is 19.6 Å². The maximum atomic E-state index is 13.6. The normalized spacial score (nSPS) is 15.2. The molecule has 1 aromatic heterocycles. The van der Waals surface area contributed by atoms with Crippen LogP contribution in [0.1, 0.15) is 56.6 Å². The van der Waals surface area contributed by atoms with Gasteiger partial charge in [-0.2, -0.15) is 4.98 Å². The average Bonchev–Trinajstić information content (AvgIpc) is 3.42. The lowest BCUT2D eigenvalue weighted by atomic mass is 10.0. The Morgan fingerprint density at radius 1 is 1.05 bits per heavy atom. The molecule has 8 heteroatoms. The van der Waals surface area contributed by atoms with Crippen LogP contribution in [0.3, 0.4) is 0 Å². The van der Waals surface area contributed by atoms with Crippen molar-refractivity contribution in [2.75, 3.05) is 51.2 Å². The highest BCUT2D eigenvalue weighted by atomic mass is 16.5. The van der Waals surface area contributed by atoms with E-state index in [-0.39, 0.29) is 17.9 Å². The summed E-state index contributed by atoms with van der Waals surface area (Å²) in [7, 11) is 1.96. The molecule has 1 saturated heterocycles. The highest BCUT2D eigenvalue weighted by molar-refractivity contribution is 5.83. The fourth-order valence-electron chi connectivity index (χ4n) is 5.02. The molecular formula is C29H40N6O2. The molecule has 1 unspecified atom stereocenters. The van der Waals surface area contributed by atoms with Gasteiger partial charge in [0.05, 0.1) is 0 Å². The van der Waals surface area contributed by atoms with E-state index in [1.165, 1.54) is 11.3 Å². The molecule has 8 nitrogen and oxygen atoms in total. The minimum absolute atomic E-state index is 0.185. The minimum atomic E-state index is -0.255. The molecule has 0 radical (unpaired) electrons. The molecule has 1 fully saturated rings. The molecule has 2 aromatic carbocycles. The molecule has 1 aliphatic heterocycles. The van der Waals surface area contributed by atoms with Gasteiger partial charge in [0.2, 0.25) is 5.91 Å². The number of rotatable bonds is 10. The van der Waals surface area contributed by atoms with E-state index in [4.69, 9.17) is 4.52 Å². The third-order valence-electron chi connectivity index (χ3n) is 7.10. The number of piperazine rings is 1. The van der Waals surface area contributed by atoms with Crippen molar-refractivity contribution in [1.82, 2.24) is 25.3 Å². The minimum Gasteiger partial charge on any atom is -0.369 e. The van der Waals surface area contributed by atoms with Gasteiger partial charge in [-0.05, 0) is 50.2 Å². The Bertz CT molecular complexity index is 1150. The van der Waals surface area contributed by atoms with Crippen molar-refractivity contribution in [2.24, 2.45) is 0 Å². The molecule has 0 bridgehead atoms. The van der Waals surface area contributed by atoms with E-state index in [0.29, 0.717) is 5.89 Å². The fourth-order valence-corrected chi connectivity index (χ4v) is 5.02. The van der Waals surface area contributed by atoms with Gasteiger partial charge in [-0.25, -0.2) is 0 Å². The first-order valence-corrected chi connectivity index (χ1v) is 13.4. The standard InChI is InChI=1S/C29H40N6O2/c1-6-33(7-2)29(36)26(22-11-9-8-10-12-22)35-17-15-34(16-18-35)25-14-13-23(19-24(25)20-30-5)28-31-27(21(3)4)32-37-28/h8-14,19,21,26,30H,6-7,15-18,20H2,1-5H3. The maximum absolute atomic E-state index is 13.6. The Hall–Kier alpha value is -3.23. The van der Waals surface area contributed by atoms with Crippen LogP contribution in [0.15, 0.2) is 53.1 Å². The molecule has 0 aliphatic carbocycles. The second-order valence-electron chi connectivity index (χ2n) is 9.83. The molecule has 2 heterocycles. The van der Waals surface area contributed by atoms with Crippen molar-refractivity contribution in [3.05, 3.63) is 65.5 Å². The molecule has 1 aliphatic rings. The molecule has 4 rings (SSSR count). The molecule has 1 amide bonds. The summed E-state index contributed by atoms with van der Waals surface area (Å²) in [5.41, 5.74) is 4.39. The van der Waals surface area contributed by atoms with Gasteiger partial charge in [-0.15, -0.1) is 0 Å². The number of aromatic nitrogens is 2. The van der Waals surface area contributed by atoms with Gasteiger partial charge >= 0.3 is 0 Å². The van der Waals surface area contributed by atoms with Gasteiger partial charge in [0, 0.05) is 63.0 Å². The summed E-state index contributed by atoms with van der Waals surface area (Å²) in [6.45, 7) is 13.7. The van der Waals surface area contributed by atoms with E-state index in [1.54, 1.807) is 0 Å². The number of amides is 1. The van der Waals surface area contributed by atoms with E-state index >= 15 is 0 Å². The molecule has 1 N–H and O–H groups in total. The van der Waals surface area contributed by atoms with E-state index < -0.39 is 0 Å². The summed E-state index contributed by atoms with van der Waals surface area (Å²) in [5, 5.41) is 7.42. The van der Waals surface area contributed by atoms with Gasteiger partial charge in [0.25, 0.3) is 5.89 Å². The Morgan fingerprint density at radius 2 is 1.76 bits per heavy atom. The summed E-state index contributed by atoms with van der Waals surface area (Å²) in [6.07, 6.45) is 0. The van der Waals surface area contributed by atoms with Gasteiger partial charge in [-0.1, -0.05) is 49.3 Å². The van der Waals surface area contributed by atoms with Crippen LogP contribution in [-0.4, -0.2) is 72.2 Å². The van der Waals surface area contributed by atoms with E-state index in [1.807, 2.05) is 44.0 Å². The van der Waals surface area contributed by atoms with E-state index in [0.717, 1.165) is 62.8 Å². The summed E-state index contributed by atoms with van der Waals surface area (Å²) in [5.74, 6) is 1.68. The summed E-state index contributed by atoms with van der Waals surface area (Å²) >= 11 is 0. The number of hydrogen-bond donors (Lipinski definition) is 1. The zero-order chi connectivity index (χ0) is 26.4. The van der Waals surface area contributed by atoms with Gasteiger partial charge in [-0.3, -0.25) is 9.69 Å². The Balaban J connectivity index is 1.53. The first-order chi connectivity index (χ1) is 18.0. The maximum Gasteiger partial charge on any atom is 0.257 e. The van der Waals surface area contributed by atoms with Crippen LogP contribution in [0.2, 0.25) is 0 Å². The zero-order valence-electron chi connectivity index (χ0n) is 22.8. The fraction of sp³-hybridized carbons (Fsp3) is 0.483. The number of likely N-dealkylation sites (N-methyl/N-ethyl adjacent to an activating group) is 1. The summed E-state index contributed by atoms with van der Waals surface area (Å²) in [6, 6.07) is 16.3. The second kappa shape index (κ2) is 12.3. The Labute approximate surface area is 220 Å². The first-order valence-electron chi connectivity index (χ1n) is 13.4. The van der Waals surface area contributed by atoms with Crippen LogP contribution in [0.5, 0.6) is 0 Å². The number of anilines is 1. The number of nitrogens with zero attached hydrogens (tertiary/aromatic N) is 5. The third-order valence-corrected chi connectivity index (χ3v) is 7.10. The van der Waals surface area contributed by atoms with Crippen LogP contribution in [0, 0.1) is 0 Å². The summed E-state index contributed by atoms with van der Waals surface area (Å²) in [4.78, 5) is 24.8. The van der Waals surface area contributed by atoms with Gasteiger partial charge in [0.1, 0.15) is 6.04 Å². The van der Waals surface area contributed by atoms with Crippen LogP contribution in [0.25, 0.3) is 11.5 Å². The smallest absolute Gasteiger partial charge is 0.257 e. The molecule has 37 heavy (non-hydrogen) atoms. The monoisotopic (exact) mass is 504 g/mol. The average molecular weight is 505 g/mol. The molecule has 3 aromatic rings. The lowest BCUT2D eigenvalue weighted by Gasteiger charge is -2.41. The zero-order valence-corrected chi connectivity index (χ0v) is 22.8. The quantitative estimate of drug-likeness (QED) is 0.441. The number of carbonyl (C=O) groups excluding carboxylic acids is 1. The van der Waals surface area contributed by atoms with Crippen LogP contribution in [-0.2, 0) is 11.3 Å². The molecular weight excluding hydrogens is 464 g/mol. The third kappa shape index (κ3) is 6.02. The molecule has 198 valence electrons. The van der Waals surface area contributed by atoms with E-state index in [9.17, 15) is 4.79 Å². The lowest BCUT2D eigenvalue weighted by Crippen LogP contribution is -2.52. The van der Waals surface area contributed by atoms with Crippen LogP contribution >= 0.6 is 0 Å². The predicted molar refractivity (Wildman–Crippen MR) is 147 cm³/mol. The SMILES string of the molecule is CCN(CC)C(=O)C(c1ccccc1)N1CCN(c2ccc(-c3nc(C(C)C)no3)cc2CNC)CC1. The van der Waals surface area contributed by atoms with Crippen molar-refractivity contribution in [1.29, 1.82) is 0 Å². The highest BCUT2D eigenvalue weighted by Gasteiger charge is 2.33. The molecule has 0 saturated carbocycles. The van der Waals surface area contributed by atoms with E-state index in [2.05, 4.69) is 69.4 Å². The largest absolute Gasteiger partial charge is 0.369 e. The van der Waals surface area contributed by atoms with Gasteiger partial charge in [0.15, 0.2) is 5.82 Å². The van der Waals surface area contributed by atoms with Crippen molar-refractivity contribution in [2.45, 2.75) is 46.2 Å². The van der Waals surface area contributed by atoms with Crippen LogP contribution < -0.4 is 10.2 Å². The van der Waals surface area contributed by atoms with Crippen molar-refractivity contribution < 1.29 is 9.32 Å². The highest BCUT2D eigenvalue weighted by Crippen LogP contribution is 2.31. The van der Waals surface area contributed by atoms with Crippen molar-refractivity contribution in [3.63, 3.8) is 0 Å². The predicted octanol–water partition coefficient (Wildman–Crippen LogP) is 4.31. The van der Waals surface area contributed by atoms with Crippen molar-refractivity contribution >= 4 is 11.6 Å². The second-order valence-corrected chi connectivity index (χ2v) is 9.83. The lowest BCUT2D eigenvalue weighted by molar-refractivity contribution is -0.137.